The molecule has 2 aromatic carbocycles. The van der Waals surface area contributed by atoms with Crippen LogP contribution in [0.2, 0.25) is 10.0 Å². The van der Waals surface area contributed by atoms with Crippen LogP contribution in [0.4, 0.5) is 28.7 Å². The molecule has 0 amide bonds. The van der Waals surface area contributed by atoms with Crippen molar-refractivity contribution in [2.75, 3.05) is 10.6 Å². The molecule has 0 saturated carbocycles. The third kappa shape index (κ3) is 4.27. The zero-order valence-electron chi connectivity index (χ0n) is 14.5. The third-order valence-electron chi connectivity index (χ3n) is 3.89. The van der Waals surface area contributed by atoms with E-state index in [-0.39, 0.29) is 17.3 Å². The minimum atomic E-state index is -0.541. The van der Waals surface area contributed by atoms with Gasteiger partial charge in [-0.1, -0.05) is 35.3 Å². The summed E-state index contributed by atoms with van der Waals surface area (Å²) in [6.45, 7) is 3.73. The summed E-state index contributed by atoms with van der Waals surface area (Å²) in [5.41, 5.74) is 2.69. The molecule has 9 heteroatoms. The molecule has 0 spiro atoms. The number of halogens is 2. The quantitative estimate of drug-likeness (QED) is 0.413. The molecule has 0 aliphatic carbocycles. The van der Waals surface area contributed by atoms with Crippen molar-refractivity contribution in [1.29, 1.82) is 0 Å². The molecular weight excluding hydrogens is 389 g/mol. The Bertz CT molecular complexity index is 1030. The van der Waals surface area contributed by atoms with Crippen LogP contribution in [0.1, 0.15) is 11.1 Å². The number of nitrogens with zero attached hydrogens (tertiary/aromatic N) is 3. The number of benzene rings is 2. The summed E-state index contributed by atoms with van der Waals surface area (Å²) in [5, 5.41) is 18.6. The van der Waals surface area contributed by atoms with Gasteiger partial charge in [-0.2, -0.15) is 0 Å². The van der Waals surface area contributed by atoms with Crippen molar-refractivity contribution >= 4 is 51.9 Å². The van der Waals surface area contributed by atoms with Crippen LogP contribution < -0.4 is 10.6 Å². The maximum atomic E-state index is 11.7. The van der Waals surface area contributed by atoms with Crippen LogP contribution in [-0.4, -0.2) is 14.9 Å². The Kier molecular flexibility index (Phi) is 5.43. The van der Waals surface area contributed by atoms with Crippen LogP contribution in [0.25, 0.3) is 0 Å². The minimum Gasteiger partial charge on any atom is -0.334 e. The molecule has 0 fully saturated rings. The topological polar surface area (TPSA) is 93.0 Å². The highest BCUT2D eigenvalue weighted by Crippen LogP contribution is 2.34. The first-order valence-corrected chi connectivity index (χ1v) is 8.66. The van der Waals surface area contributed by atoms with E-state index in [4.69, 9.17) is 23.2 Å². The second-order valence-electron chi connectivity index (χ2n) is 5.85. The van der Waals surface area contributed by atoms with Gasteiger partial charge in [-0.05, 0) is 49.2 Å². The first-order chi connectivity index (χ1) is 12.8. The van der Waals surface area contributed by atoms with Gasteiger partial charge in [-0.3, -0.25) is 10.1 Å². The number of hydrogen-bond donors (Lipinski definition) is 2. The molecule has 0 saturated heterocycles. The maximum absolute atomic E-state index is 11.7. The fourth-order valence-electron chi connectivity index (χ4n) is 2.40. The second kappa shape index (κ2) is 7.77. The number of anilines is 4. The van der Waals surface area contributed by atoms with Crippen molar-refractivity contribution in [3.05, 3.63) is 74.0 Å². The zero-order chi connectivity index (χ0) is 19.6. The molecule has 0 aliphatic rings. The summed E-state index contributed by atoms with van der Waals surface area (Å²) in [6, 6.07) is 10.5. The maximum Gasteiger partial charge on any atom is 0.353 e. The Morgan fingerprint density at radius 2 is 1.63 bits per heavy atom. The van der Waals surface area contributed by atoms with Crippen LogP contribution >= 0.6 is 23.2 Å². The van der Waals surface area contributed by atoms with Gasteiger partial charge < -0.3 is 10.6 Å². The smallest absolute Gasteiger partial charge is 0.334 e. The van der Waals surface area contributed by atoms with E-state index in [0.717, 1.165) is 11.1 Å². The predicted octanol–water partition coefficient (Wildman–Crippen LogP) is 5.80. The highest BCUT2D eigenvalue weighted by atomic mass is 35.5. The number of aryl methyl sites for hydroxylation is 2. The zero-order valence-corrected chi connectivity index (χ0v) is 16.0. The van der Waals surface area contributed by atoms with Crippen LogP contribution in [0, 0.1) is 24.0 Å². The monoisotopic (exact) mass is 403 g/mol. The van der Waals surface area contributed by atoms with E-state index in [0.29, 0.717) is 21.4 Å². The lowest BCUT2D eigenvalue weighted by Crippen LogP contribution is -2.06. The summed E-state index contributed by atoms with van der Waals surface area (Å²) in [4.78, 5) is 19.2. The van der Waals surface area contributed by atoms with Gasteiger partial charge in [0.1, 0.15) is 6.33 Å². The normalized spacial score (nSPS) is 10.5. The van der Waals surface area contributed by atoms with Gasteiger partial charge in [-0.15, -0.1) is 0 Å². The van der Waals surface area contributed by atoms with Gasteiger partial charge in [-0.25, -0.2) is 9.97 Å². The summed E-state index contributed by atoms with van der Waals surface area (Å²) in [6.07, 6.45) is 1.24. The lowest BCUT2D eigenvalue weighted by molar-refractivity contribution is -0.383. The summed E-state index contributed by atoms with van der Waals surface area (Å²) >= 11 is 12.1. The second-order valence-corrected chi connectivity index (χ2v) is 6.69. The largest absolute Gasteiger partial charge is 0.353 e. The van der Waals surface area contributed by atoms with Gasteiger partial charge in [0.05, 0.1) is 4.92 Å². The van der Waals surface area contributed by atoms with E-state index in [1.165, 1.54) is 6.33 Å². The molecule has 2 N–H and O–H groups in total. The van der Waals surface area contributed by atoms with Crippen molar-refractivity contribution in [3.63, 3.8) is 0 Å². The Hall–Kier alpha value is -2.90. The first kappa shape index (κ1) is 18.9. The van der Waals surface area contributed by atoms with Crippen LogP contribution in [-0.2, 0) is 0 Å². The molecule has 1 aromatic heterocycles. The number of aromatic nitrogens is 2. The SMILES string of the molecule is Cc1ccc(Nc2ncnc(Nc3cc(Cl)ccc3C)c2[N+](=O)[O-])cc1Cl. The summed E-state index contributed by atoms with van der Waals surface area (Å²) in [5.74, 6) is 0.109. The Morgan fingerprint density at radius 1 is 0.963 bits per heavy atom. The van der Waals surface area contributed by atoms with Gasteiger partial charge in [0, 0.05) is 21.4 Å². The lowest BCUT2D eigenvalue weighted by atomic mass is 10.2. The first-order valence-electron chi connectivity index (χ1n) is 7.91. The molecule has 1 heterocycles. The number of hydrogen-bond acceptors (Lipinski definition) is 6. The van der Waals surface area contributed by atoms with Gasteiger partial charge in [0.25, 0.3) is 0 Å². The third-order valence-corrected chi connectivity index (χ3v) is 4.53. The van der Waals surface area contributed by atoms with Crippen molar-refractivity contribution in [2.24, 2.45) is 0 Å². The van der Waals surface area contributed by atoms with Crippen LogP contribution in [0.5, 0.6) is 0 Å². The van der Waals surface area contributed by atoms with E-state index in [9.17, 15) is 10.1 Å². The highest BCUT2D eigenvalue weighted by molar-refractivity contribution is 6.31. The minimum absolute atomic E-state index is 0.0529. The number of nitrogens with one attached hydrogen (secondary N) is 2. The fourth-order valence-corrected chi connectivity index (χ4v) is 2.75. The van der Waals surface area contributed by atoms with E-state index < -0.39 is 4.92 Å². The molecule has 0 unspecified atom stereocenters. The standard InChI is InChI=1S/C18H15Cl2N5O2/c1-10-4-6-13(8-14(10)20)23-17-16(25(26)27)18(22-9-21-17)24-15-7-12(19)5-3-11(15)2/h3-9H,1-2H3,(H2,21,22,23,24). The molecule has 0 aliphatic heterocycles. The lowest BCUT2D eigenvalue weighted by Gasteiger charge is -2.12. The van der Waals surface area contributed by atoms with E-state index in [1.807, 2.05) is 26.0 Å². The predicted molar refractivity (Wildman–Crippen MR) is 108 cm³/mol. The van der Waals surface area contributed by atoms with Crippen molar-refractivity contribution < 1.29 is 4.92 Å². The molecule has 3 rings (SSSR count). The average Bonchev–Trinajstić information content (AvgIpc) is 2.61. The van der Waals surface area contributed by atoms with Crippen molar-refractivity contribution in [1.82, 2.24) is 9.97 Å². The molecule has 0 bridgehead atoms. The summed E-state index contributed by atoms with van der Waals surface area (Å²) in [7, 11) is 0. The van der Waals surface area contributed by atoms with Gasteiger partial charge in [0.15, 0.2) is 0 Å². The average molecular weight is 404 g/mol. The number of rotatable bonds is 5. The highest BCUT2D eigenvalue weighted by Gasteiger charge is 2.24. The van der Waals surface area contributed by atoms with E-state index >= 15 is 0 Å². The Balaban J connectivity index is 2.00. The van der Waals surface area contributed by atoms with Crippen molar-refractivity contribution in [2.45, 2.75) is 13.8 Å². The van der Waals surface area contributed by atoms with E-state index in [2.05, 4.69) is 20.6 Å². The fraction of sp³-hybridized carbons (Fsp3) is 0.111. The van der Waals surface area contributed by atoms with Crippen LogP contribution in [0.3, 0.4) is 0 Å². The van der Waals surface area contributed by atoms with Gasteiger partial charge >= 0.3 is 5.69 Å². The molecule has 3 aromatic rings. The van der Waals surface area contributed by atoms with Crippen LogP contribution in [0.15, 0.2) is 42.7 Å². The Labute approximate surface area is 165 Å². The summed E-state index contributed by atoms with van der Waals surface area (Å²) < 4.78 is 0. The molecule has 138 valence electrons. The molecule has 27 heavy (non-hydrogen) atoms. The Morgan fingerprint density at radius 3 is 2.30 bits per heavy atom. The molecular formula is C18H15Cl2N5O2. The molecule has 0 radical (unpaired) electrons. The number of nitro groups is 1. The van der Waals surface area contributed by atoms with E-state index in [1.54, 1.807) is 24.3 Å². The van der Waals surface area contributed by atoms with Crippen molar-refractivity contribution in [3.8, 4) is 0 Å². The van der Waals surface area contributed by atoms with Gasteiger partial charge in [0.2, 0.25) is 11.6 Å². The molecule has 7 nitrogen and oxygen atoms in total. The molecule has 0 atom stereocenters.